The zero-order chi connectivity index (χ0) is 30.7. The van der Waals surface area contributed by atoms with Crippen LogP contribution in [0.15, 0.2) is 41.2 Å². The highest BCUT2D eigenvalue weighted by Crippen LogP contribution is 2.41. The number of benzene rings is 1. The molecule has 1 atom stereocenters. The number of cyclic esters (lactones) is 1. The zero-order valence-corrected chi connectivity index (χ0v) is 25.1. The SMILES string of the molecule is C=C(COc1ccc2nc3c(c(CN4CCCC4)c2c1)Cn1c-3cc2c(c1=O)COC(=O)[C@]2(O)CC)C(=O)OC(C)(C)C. The summed E-state index contributed by atoms with van der Waals surface area (Å²) in [5.41, 5.74) is 1.99. The number of hydrogen-bond acceptors (Lipinski definition) is 9. The molecule has 1 N–H and O–H groups in total. The third kappa shape index (κ3) is 5.12. The Bertz CT molecular complexity index is 1730. The lowest BCUT2D eigenvalue weighted by molar-refractivity contribution is -0.172. The van der Waals surface area contributed by atoms with Crippen LogP contribution in [0.4, 0.5) is 0 Å². The molecule has 3 aliphatic rings. The van der Waals surface area contributed by atoms with Gasteiger partial charge in [-0.25, -0.2) is 14.6 Å². The normalized spacial score (nSPS) is 19.5. The zero-order valence-electron chi connectivity index (χ0n) is 25.1. The highest BCUT2D eigenvalue weighted by Gasteiger charge is 2.45. The first kappa shape index (κ1) is 29.1. The number of carbonyl (C=O) groups excluding carboxylic acids is 2. The summed E-state index contributed by atoms with van der Waals surface area (Å²) in [7, 11) is 0. The number of pyridine rings is 2. The third-order valence-electron chi connectivity index (χ3n) is 8.46. The number of nitrogens with zero attached hydrogens (tertiary/aromatic N) is 3. The van der Waals surface area contributed by atoms with Crippen LogP contribution in [-0.2, 0) is 44.4 Å². The molecule has 10 heteroatoms. The van der Waals surface area contributed by atoms with E-state index in [2.05, 4.69) is 11.5 Å². The van der Waals surface area contributed by atoms with Crippen LogP contribution >= 0.6 is 0 Å². The van der Waals surface area contributed by atoms with Crippen LogP contribution in [0.2, 0.25) is 0 Å². The van der Waals surface area contributed by atoms with Gasteiger partial charge in [0.2, 0.25) is 0 Å². The van der Waals surface area contributed by atoms with Crippen molar-refractivity contribution in [1.82, 2.24) is 14.5 Å². The van der Waals surface area contributed by atoms with E-state index in [1.54, 1.807) is 44.4 Å². The second kappa shape index (κ2) is 10.6. The van der Waals surface area contributed by atoms with Gasteiger partial charge < -0.3 is 23.9 Å². The highest BCUT2D eigenvalue weighted by molar-refractivity contribution is 5.90. The molecular weight excluding hydrogens is 550 g/mol. The fraction of sp³-hybridized carbons (Fsp3) is 0.455. The predicted octanol–water partition coefficient (Wildman–Crippen LogP) is 3.95. The van der Waals surface area contributed by atoms with Crippen LogP contribution in [0.5, 0.6) is 5.75 Å². The molecule has 3 aromatic rings. The third-order valence-corrected chi connectivity index (χ3v) is 8.46. The molecule has 1 fully saturated rings. The summed E-state index contributed by atoms with van der Waals surface area (Å²) in [6.45, 7) is 13.7. The van der Waals surface area contributed by atoms with Gasteiger partial charge in [-0.15, -0.1) is 0 Å². The van der Waals surface area contributed by atoms with E-state index in [9.17, 15) is 19.5 Å². The van der Waals surface area contributed by atoms with Gasteiger partial charge in [0, 0.05) is 23.1 Å². The van der Waals surface area contributed by atoms with E-state index < -0.39 is 23.1 Å². The van der Waals surface area contributed by atoms with Gasteiger partial charge in [0.25, 0.3) is 5.56 Å². The van der Waals surface area contributed by atoms with Crippen molar-refractivity contribution >= 4 is 22.8 Å². The molecule has 1 saturated heterocycles. The smallest absolute Gasteiger partial charge is 0.343 e. The van der Waals surface area contributed by atoms with Gasteiger partial charge in [-0.1, -0.05) is 13.5 Å². The Hall–Kier alpha value is -4.02. The van der Waals surface area contributed by atoms with Crippen LogP contribution in [0, 0.1) is 0 Å². The van der Waals surface area contributed by atoms with Crippen LogP contribution in [-0.4, -0.2) is 56.8 Å². The lowest BCUT2D eigenvalue weighted by Crippen LogP contribution is -2.44. The van der Waals surface area contributed by atoms with E-state index in [1.165, 1.54) is 0 Å². The van der Waals surface area contributed by atoms with E-state index >= 15 is 0 Å². The van der Waals surface area contributed by atoms with E-state index in [1.807, 2.05) is 12.1 Å². The average Bonchev–Trinajstić information content (AvgIpc) is 3.61. The van der Waals surface area contributed by atoms with E-state index in [-0.39, 0.29) is 30.8 Å². The number of fused-ring (bicyclic) bond motifs is 5. The summed E-state index contributed by atoms with van der Waals surface area (Å²) in [5.74, 6) is -0.683. The fourth-order valence-electron chi connectivity index (χ4n) is 6.16. The van der Waals surface area contributed by atoms with Gasteiger partial charge in [-0.3, -0.25) is 9.69 Å². The number of ether oxygens (including phenoxy) is 3. The van der Waals surface area contributed by atoms with Crippen molar-refractivity contribution in [2.75, 3.05) is 19.7 Å². The van der Waals surface area contributed by atoms with Crippen molar-refractivity contribution in [3.8, 4) is 17.1 Å². The Kier molecular flexibility index (Phi) is 7.17. The number of esters is 2. The van der Waals surface area contributed by atoms with Crippen molar-refractivity contribution in [2.45, 2.75) is 77.9 Å². The highest BCUT2D eigenvalue weighted by atomic mass is 16.6. The number of likely N-dealkylation sites (tertiary alicyclic amines) is 1. The maximum Gasteiger partial charge on any atom is 0.343 e. The van der Waals surface area contributed by atoms with Crippen LogP contribution < -0.4 is 10.3 Å². The summed E-state index contributed by atoms with van der Waals surface area (Å²) in [5, 5.41) is 12.1. The van der Waals surface area contributed by atoms with Crippen molar-refractivity contribution in [2.24, 2.45) is 0 Å². The molecule has 0 saturated carbocycles. The molecule has 2 aromatic heterocycles. The Balaban J connectivity index is 1.42. The van der Waals surface area contributed by atoms with Crippen LogP contribution in [0.25, 0.3) is 22.3 Å². The van der Waals surface area contributed by atoms with E-state index in [0.717, 1.165) is 48.0 Å². The minimum absolute atomic E-state index is 0.0201. The second-order valence-electron chi connectivity index (χ2n) is 12.6. The minimum Gasteiger partial charge on any atom is -0.489 e. The predicted molar refractivity (Wildman–Crippen MR) is 160 cm³/mol. The number of carbonyl (C=O) groups is 2. The Morgan fingerprint density at radius 1 is 1.16 bits per heavy atom. The van der Waals surface area contributed by atoms with Gasteiger partial charge in [0.1, 0.15) is 24.6 Å². The lowest BCUT2D eigenvalue weighted by atomic mass is 9.86. The molecule has 0 amide bonds. The lowest BCUT2D eigenvalue weighted by Gasteiger charge is -2.31. The molecule has 226 valence electrons. The summed E-state index contributed by atoms with van der Waals surface area (Å²) in [6.07, 6.45) is 2.34. The maximum atomic E-state index is 13.7. The number of rotatable bonds is 7. The molecule has 10 nitrogen and oxygen atoms in total. The molecule has 5 heterocycles. The maximum absolute atomic E-state index is 13.7. The molecule has 1 aromatic carbocycles. The molecule has 0 bridgehead atoms. The molecule has 0 spiro atoms. The second-order valence-corrected chi connectivity index (χ2v) is 12.6. The van der Waals surface area contributed by atoms with Gasteiger partial charge in [-0.2, -0.15) is 0 Å². The first-order valence-electron chi connectivity index (χ1n) is 14.8. The van der Waals surface area contributed by atoms with Crippen LogP contribution in [0.1, 0.15) is 69.2 Å². The van der Waals surface area contributed by atoms with Gasteiger partial charge in [0.05, 0.1) is 34.6 Å². The van der Waals surface area contributed by atoms with Crippen molar-refractivity contribution in [3.05, 3.63) is 69.0 Å². The molecule has 6 rings (SSSR count). The van der Waals surface area contributed by atoms with Gasteiger partial charge in [-0.05, 0) is 83.0 Å². The molecular formula is C33H37N3O7. The fourth-order valence-corrected chi connectivity index (χ4v) is 6.16. The standard InChI is InChI=1S/C33H37N3O7/c1-6-33(40)25-14-27-28-23(16-36(27)29(37)24(25)18-42-31(33)39)22(15-35-11-7-8-12-35)21-13-20(9-10-26(21)34-28)41-17-19(2)30(38)43-32(3,4)5/h9-10,13-14,40H,2,6-8,11-12,15-18H2,1,3-5H3/t33-/m0/s1. The van der Waals surface area contributed by atoms with E-state index in [4.69, 9.17) is 19.2 Å². The minimum atomic E-state index is -1.88. The molecule has 0 aliphatic carbocycles. The number of aromatic nitrogens is 2. The van der Waals surface area contributed by atoms with Gasteiger partial charge >= 0.3 is 11.9 Å². The summed E-state index contributed by atoms with van der Waals surface area (Å²) < 4.78 is 18.3. The molecule has 3 aliphatic heterocycles. The first-order valence-corrected chi connectivity index (χ1v) is 14.8. The largest absolute Gasteiger partial charge is 0.489 e. The summed E-state index contributed by atoms with van der Waals surface area (Å²) >= 11 is 0. The first-order chi connectivity index (χ1) is 20.4. The Morgan fingerprint density at radius 2 is 1.91 bits per heavy atom. The molecule has 0 unspecified atom stereocenters. The summed E-state index contributed by atoms with van der Waals surface area (Å²) in [4.78, 5) is 46.1. The Labute approximate surface area is 249 Å². The van der Waals surface area contributed by atoms with Crippen molar-refractivity contribution in [3.63, 3.8) is 0 Å². The van der Waals surface area contributed by atoms with Crippen molar-refractivity contribution < 1.29 is 28.9 Å². The van der Waals surface area contributed by atoms with E-state index in [0.29, 0.717) is 41.4 Å². The summed E-state index contributed by atoms with van der Waals surface area (Å²) in [6, 6.07) is 7.33. The van der Waals surface area contributed by atoms with Gasteiger partial charge in [0.15, 0.2) is 5.60 Å². The average molecular weight is 588 g/mol. The monoisotopic (exact) mass is 587 g/mol. The molecule has 0 radical (unpaired) electrons. The number of hydrogen-bond donors (Lipinski definition) is 1. The number of aliphatic hydroxyl groups is 1. The topological polar surface area (TPSA) is 120 Å². The van der Waals surface area contributed by atoms with Crippen molar-refractivity contribution in [1.29, 1.82) is 0 Å². The van der Waals surface area contributed by atoms with Crippen LogP contribution in [0.3, 0.4) is 0 Å². The quantitative estimate of drug-likeness (QED) is 0.253. The Morgan fingerprint density at radius 3 is 2.60 bits per heavy atom. The molecule has 43 heavy (non-hydrogen) atoms.